The van der Waals surface area contributed by atoms with E-state index < -0.39 is 11.9 Å². The molecule has 0 fully saturated rings. The van der Waals surface area contributed by atoms with Gasteiger partial charge in [-0.15, -0.1) is 19.0 Å². The van der Waals surface area contributed by atoms with Gasteiger partial charge in [-0.3, -0.25) is 0 Å². The molecule has 0 radical (unpaired) electrons. The maximum atomic E-state index is 12.8. The number of hydrogen-bond acceptors (Lipinski definition) is 2. The van der Waals surface area contributed by atoms with Crippen molar-refractivity contribution < 1.29 is 9.50 Å². The molecule has 2 nitrogen and oxygen atoms in total. The van der Waals surface area contributed by atoms with E-state index >= 15 is 0 Å². The third-order valence-corrected chi connectivity index (χ3v) is 2.07. The van der Waals surface area contributed by atoms with Crippen LogP contribution >= 0.6 is 24.0 Å². The Bertz CT molecular complexity index is 344. The summed E-state index contributed by atoms with van der Waals surface area (Å²) in [4.78, 5) is 0. The van der Waals surface area contributed by atoms with Gasteiger partial charge in [0.15, 0.2) is 0 Å². The average molecular weight is 238 g/mol. The van der Waals surface area contributed by atoms with E-state index in [0.717, 1.165) is 6.07 Å². The molecule has 0 saturated heterocycles. The van der Waals surface area contributed by atoms with Crippen molar-refractivity contribution in [3.05, 3.63) is 41.2 Å². The second-order valence-electron chi connectivity index (χ2n) is 2.56. The second-order valence-corrected chi connectivity index (χ2v) is 2.94. The van der Waals surface area contributed by atoms with Crippen LogP contribution in [0.2, 0.25) is 5.02 Å². The first-order valence-electron chi connectivity index (χ1n) is 3.63. The van der Waals surface area contributed by atoms with Gasteiger partial charge in [-0.1, -0.05) is 23.7 Å². The molecule has 5 heteroatoms. The molecule has 1 rings (SSSR count). The zero-order valence-corrected chi connectivity index (χ0v) is 8.78. The molecule has 1 aromatic rings. The zero-order chi connectivity index (χ0) is 10.0. The zero-order valence-electron chi connectivity index (χ0n) is 7.21. The lowest BCUT2D eigenvalue weighted by Crippen LogP contribution is -2.06. The summed E-state index contributed by atoms with van der Waals surface area (Å²) in [5.41, 5.74) is 5.92. The lowest BCUT2D eigenvalue weighted by molar-refractivity contribution is 0.460. The molecular formula is C9H10Cl2FNO. The van der Waals surface area contributed by atoms with E-state index in [4.69, 9.17) is 17.3 Å². The maximum Gasteiger partial charge on any atom is 0.145 e. The first-order chi connectivity index (χ1) is 6.07. The Hall–Kier alpha value is -0.770. The number of aromatic hydroxyl groups is 1. The Kier molecular flexibility index (Phi) is 4.91. The van der Waals surface area contributed by atoms with Crippen LogP contribution in [-0.4, -0.2) is 5.11 Å². The summed E-state index contributed by atoms with van der Waals surface area (Å²) in [7, 11) is 0. The van der Waals surface area contributed by atoms with E-state index in [-0.39, 0.29) is 23.2 Å². The topological polar surface area (TPSA) is 46.2 Å². The number of halogens is 3. The summed E-state index contributed by atoms with van der Waals surface area (Å²) in [6.07, 6.45) is 1.43. The van der Waals surface area contributed by atoms with Crippen LogP contribution in [0.5, 0.6) is 5.75 Å². The molecular weight excluding hydrogens is 228 g/mol. The highest BCUT2D eigenvalue weighted by Gasteiger charge is 2.13. The van der Waals surface area contributed by atoms with Crippen LogP contribution in [0.15, 0.2) is 24.8 Å². The molecule has 0 spiro atoms. The molecule has 0 unspecified atom stereocenters. The van der Waals surface area contributed by atoms with E-state index in [2.05, 4.69) is 6.58 Å². The largest absolute Gasteiger partial charge is 0.506 e. The van der Waals surface area contributed by atoms with Gasteiger partial charge < -0.3 is 10.8 Å². The number of phenols is 1. The monoisotopic (exact) mass is 237 g/mol. The summed E-state index contributed by atoms with van der Waals surface area (Å²) >= 11 is 5.47. The Balaban J connectivity index is 0.00000169. The fourth-order valence-electron chi connectivity index (χ4n) is 0.951. The van der Waals surface area contributed by atoms with Crippen molar-refractivity contribution >= 4 is 24.0 Å². The number of benzene rings is 1. The summed E-state index contributed by atoms with van der Waals surface area (Å²) in [5.74, 6) is -0.992. The summed E-state index contributed by atoms with van der Waals surface area (Å²) in [6.45, 7) is 3.46. The van der Waals surface area contributed by atoms with Crippen LogP contribution in [-0.2, 0) is 0 Å². The average Bonchev–Trinajstić information content (AvgIpc) is 2.13. The van der Waals surface area contributed by atoms with Crippen molar-refractivity contribution in [1.82, 2.24) is 0 Å². The molecule has 0 aliphatic rings. The van der Waals surface area contributed by atoms with E-state index in [9.17, 15) is 9.50 Å². The third-order valence-electron chi connectivity index (χ3n) is 1.71. The van der Waals surface area contributed by atoms with Gasteiger partial charge in [0.05, 0.1) is 6.04 Å². The highest BCUT2D eigenvalue weighted by Crippen LogP contribution is 2.32. The van der Waals surface area contributed by atoms with E-state index in [0.29, 0.717) is 5.56 Å². The van der Waals surface area contributed by atoms with Crippen molar-refractivity contribution in [2.24, 2.45) is 5.73 Å². The van der Waals surface area contributed by atoms with E-state index in [1.807, 2.05) is 0 Å². The van der Waals surface area contributed by atoms with Crippen LogP contribution in [0.25, 0.3) is 0 Å². The van der Waals surface area contributed by atoms with Crippen LogP contribution in [0.3, 0.4) is 0 Å². The fourth-order valence-corrected chi connectivity index (χ4v) is 1.12. The Morgan fingerprint density at radius 3 is 2.64 bits per heavy atom. The minimum absolute atomic E-state index is 0. The van der Waals surface area contributed by atoms with Crippen molar-refractivity contribution in [2.45, 2.75) is 6.04 Å². The number of phenolic OH excluding ortho intramolecular Hbond substituents is 1. The van der Waals surface area contributed by atoms with Crippen molar-refractivity contribution in [1.29, 1.82) is 0 Å². The normalized spacial score (nSPS) is 11.6. The lowest BCUT2D eigenvalue weighted by atomic mass is 10.1. The standard InChI is InChI=1S/C9H9ClFNO.ClH/c1-2-7(12)5-3-4-6(11)8(10)9(5)13;/h2-4,7,13H,1,12H2;1H/t7-;/m0./s1. The molecule has 1 atom stereocenters. The van der Waals surface area contributed by atoms with Crippen LogP contribution in [0.4, 0.5) is 4.39 Å². The van der Waals surface area contributed by atoms with Gasteiger partial charge in [-0.05, 0) is 6.07 Å². The van der Waals surface area contributed by atoms with Gasteiger partial charge in [-0.25, -0.2) is 4.39 Å². The van der Waals surface area contributed by atoms with Gasteiger partial charge in [0.25, 0.3) is 0 Å². The number of nitrogens with two attached hydrogens (primary N) is 1. The molecule has 0 amide bonds. The fraction of sp³-hybridized carbons (Fsp3) is 0.111. The van der Waals surface area contributed by atoms with Gasteiger partial charge >= 0.3 is 0 Å². The highest BCUT2D eigenvalue weighted by atomic mass is 35.5. The van der Waals surface area contributed by atoms with Gasteiger partial charge in [0, 0.05) is 5.56 Å². The Labute approximate surface area is 92.6 Å². The van der Waals surface area contributed by atoms with Crippen LogP contribution < -0.4 is 5.73 Å². The third kappa shape index (κ3) is 2.38. The minimum atomic E-state index is -0.667. The quantitative estimate of drug-likeness (QED) is 0.778. The molecule has 14 heavy (non-hydrogen) atoms. The van der Waals surface area contributed by atoms with Crippen molar-refractivity contribution in [3.8, 4) is 5.75 Å². The van der Waals surface area contributed by atoms with Crippen LogP contribution in [0.1, 0.15) is 11.6 Å². The van der Waals surface area contributed by atoms with Crippen LogP contribution in [0, 0.1) is 5.82 Å². The Morgan fingerprint density at radius 2 is 2.14 bits per heavy atom. The predicted octanol–water partition coefficient (Wildman–Crippen LogP) is 2.79. The first-order valence-corrected chi connectivity index (χ1v) is 4.00. The molecule has 0 aliphatic heterocycles. The minimum Gasteiger partial charge on any atom is -0.506 e. The molecule has 0 heterocycles. The highest BCUT2D eigenvalue weighted by molar-refractivity contribution is 6.32. The smallest absolute Gasteiger partial charge is 0.145 e. The predicted molar refractivity (Wildman–Crippen MR) is 57.4 cm³/mol. The molecule has 1 aromatic carbocycles. The SMILES string of the molecule is C=C[C@H](N)c1ccc(F)c(Cl)c1O.Cl. The number of rotatable bonds is 2. The molecule has 3 N–H and O–H groups in total. The first kappa shape index (κ1) is 13.2. The molecule has 0 aromatic heterocycles. The molecule has 78 valence electrons. The molecule has 0 aliphatic carbocycles. The number of hydrogen-bond donors (Lipinski definition) is 2. The van der Waals surface area contributed by atoms with Gasteiger partial charge in [0.2, 0.25) is 0 Å². The van der Waals surface area contributed by atoms with Crippen molar-refractivity contribution in [2.75, 3.05) is 0 Å². The van der Waals surface area contributed by atoms with Crippen molar-refractivity contribution in [3.63, 3.8) is 0 Å². The molecule has 0 bridgehead atoms. The summed E-state index contributed by atoms with van der Waals surface area (Å²) < 4.78 is 12.8. The maximum absolute atomic E-state index is 12.8. The second kappa shape index (κ2) is 5.20. The Morgan fingerprint density at radius 1 is 1.57 bits per heavy atom. The van der Waals surface area contributed by atoms with Gasteiger partial charge in [0.1, 0.15) is 16.6 Å². The lowest BCUT2D eigenvalue weighted by Gasteiger charge is -2.10. The summed E-state index contributed by atoms with van der Waals surface area (Å²) in [6, 6.07) is 1.99. The summed E-state index contributed by atoms with van der Waals surface area (Å²) in [5, 5.41) is 9.07. The van der Waals surface area contributed by atoms with E-state index in [1.165, 1.54) is 12.1 Å². The molecule has 0 saturated carbocycles. The van der Waals surface area contributed by atoms with Gasteiger partial charge in [-0.2, -0.15) is 0 Å². The van der Waals surface area contributed by atoms with E-state index in [1.54, 1.807) is 0 Å².